The molecule has 0 spiro atoms. The van der Waals surface area contributed by atoms with Crippen molar-refractivity contribution in [1.82, 2.24) is 14.9 Å². The second-order valence-electron chi connectivity index (χ2n) is 7.53. The fraction of sp³-hybridized carbons (Fsp3) is 0.364. The standard InChI is InChI=1S/C22H25N3O/c1-13-8-9-14(2)19-18(13)15(3)20(24-19)22(26)25(4)21(16-10-11-16)17-7-5-6-12-23-17/h5-9,12,16,21,24H,10-11H2,1-4H3. The second kappa shape index (κ2) is 6.27. The number of hydrogen-bond donors (Lipinski definition) is 1. The molecule has 1 amide bonds. The lowest BCUT2D eigenvalue weighted by atomic mass is 10.0. The average molecular weight is 347 g/mol. The van der Waals surface area contributed by atoms with Gasteiger partial charge in [0.1, 0.15) is 5.69 Å². The summed E-state index contributed by atoms with van der Waals surface area (Å²) in [5.41, 5.74) is 6.14. The van der Waals surface area contributed by atoms with Gasteiger partial charge in [0.25, 0.3) is 5.91 Å². The zero-order valence-electron chi connectivity index (χ0n) is 15.8. The quantitative estimate of drug-likeness (QED) is 0.743. The molecule has 1 aliphatic carbocycles. The monoisotopic (exact) mass is 347 g/mol. The molecule has 1 aromatic carbocycles. The van der Waals surface area contributed by atoms with E-state index in [1.54, 1.807) is 0 Å². The number of amides is 1. The Kier molecular flexibility index (Phi) is 4.06. The molecule has 1 fully saturated rings. The molecular formula is C22H25N3O. The molecule has 0 aliphatic heterocycles. The molecule has 4 rings (SSSR count). The van der Waals surface area contributed by atoms with Crippen molar-refractivity contribution in [3.8, 4) is 0 Å². The van der Waals surface area contributed by atoms with Crippen molar-refractivity contribution in [3.63, 3.8) is 0 Å². The lowest BCUT2D eigenvalue weighted by Crippen LogP contribution is -2.33. The Morgan fingerprint density at radius 2 is 1.88 bits per heavy atom. The van der Waals surface area contributed by atoms with Gasteiger partial charge in [-0.15, -0.1) is 0 Å². The lowest BCUT2D eigenvalue weighted by molar-refractivity contribution is 0.0701. The fourth-order valence-electron chi connectivity index (χ4n) is 4.03. The number of carbonyl (C=O) groups excluding carboxylic acids is 1. The number of pyridine rings is 1. The van der Waals surface area contributed by atoms with Gasteiger partial charge in [0.05, 0.1) is 11.7 Å². The number of rotatable bonds is 4. The van der Waals surface area contributed by atoms with Gasteiger partial charge in [0, 0.05) is 24.1 Å². The van der Waals surface area contributed by atoms with Crippen molar-refractivity contribution in [2.45, 2.75) is 39.7 Å². The molecule has 2 heterocycles. The van der Waals surface area contributed by atoms with Crippen LogP contribution in [0.2, 0.25) is 0 Å². The van der Waals surface area contributed by atoms with E-state index in [2.05, 4.69) is 35.9 Å². The maximum Gasteiger partial charge on any atom is 0.270 e. The summed E-state index contributed by atoms with van der Waals surface area (Å²) < 4.78 is 0. The van der Waals surface area contributed by atoms with Crippen LogP contribution in [-0.4, -0.2) is 27.8 Å². The number of carbonyl (C=O) groups is 1. The summed E-state index contributed by atoms with van der Waals surface area (Å²) in [5, 5.41) is 1.17. The molecule has 1 unspecified atom stereocenters. The smallest absolute Gasteiger partial charge is 0.270 e. The molecule has 1 saturated carbocycles. The van der Waals surface area contributed by atoms with Crippen LogP contribution in [0, 0.1) is 26.7 Å². The summed E-state index contributed by atoms with van der Waals surface area (Å²) in [5.74, 6) is 0.548. The maximum absolute atomic E-state index is 13.4. The molecule has 1 aliphatic rings. The molecule has 0 bridgehead atoms. The molecule has 0 saturated heterocycles. The number of aryl methyl sites for hydroxylation is 3. The summed E-state index contributed by atoms with van der Waals surface area (Å²) in [6.07, 6.45) is 4.12. The number of H-pyrrole nitrogens is 1. The number of nitrogens with zero attached hydrogens (tertiary/aromatic N) is 2. The number of aromatic amines is 1. The Labute approximate surface area is 154 Å². The SMILES string of the molecule is Cc1ccc(C)c2c(C)c(C(=O)N(C)C(c3ccccn3)C3CC3)[nH]c12. The van der Waals surface area contributed by atoms with Gasteiger partial charge in [-0.1, -0.05) is 18.2 Å². The third-order valence-corrected chi connectivity index (χ3v) is 5.63. The predicted molar refractivity (Wildman–Crippen MR) is 104 cm³/mol. The van der Waals surface area contributed by atoms with Crippen LogP contribution in [0.25, 0.3) is 10.9 Å². The van der Waals surface area contributed by atoms with Gasteiger partial charge >= 0.3 is 0 Å². The van der Waals surface area contributed by atoms with Crippen molar-refractivity contribution in [2.24, 2.45) is 5.92 Å². The Balaban J connectivity index is 1.75. The molecule has 134 valence electrons. The van der Waals surface area contributed by atoms with Crippen LogP contribution >= 0.6 is 0 Å². The van der Waals surface area contributed by atoms with Crippen LogP contribution in [-0.2, 0) is 0 Å². The van der Waals surface area contributed by atoms with E-state index in [4.69, 9.17) is 0 Å². The molecule has 1 atom stereocenters. The Morgan fingerprint density at radius 1 is 1.15 bits per heavy atom. The second-order valence-corrected chi connectivity index (χ2v) is 7.53. The van der Waals surface area contributed by atoms with Gasteiger partial charge in [0.15, 0.2) is 0 Å². The first kappa shape index (κ1) is 16.8. The summed E-state index contributed by atoms with van der Waals surface area (Å²) in [6.45, 7) is 6.22. The number of benzene rings is 1. The van der Waals surface area contributed by atoms with E-state index in [1.807, 2.05) is 43.3 Å². The minimum absolute atomic E-state index is 0.0386. The zero-order chi connectivity index (χ0) is 18.4. The maximum atomic E-state index is 13.4. The van der Waals surface area contributed by atoms with E-state index < -0.39 is 0 Å². The molecule has 1 N–H and O–H groups in total. The number of nitrogens with one attached hydrogen (secondary N) is 1. The summed E-state index contributed by atoms with van der Waals surface area (Å²) >= 11 is 0. The molecule has 26 heavy (non-hydrogen) atoms. The van der Waals surface area contributed by atoms with Crippen molar-refractivity contribution < 1.29 is 4.79 Å². The van der Waals surface area contributed by atoms with E-state index in [0.717, 1.165) is 29.6 Å². The number of fused-ring (bicyclic) bond motifs is 1. The molecule has 0 radical (unpaired) electrons. The van der Waals surface area contributed by atoms with Gasteiger partial charge in [-0.2, -0.15) is 0 Å². The topological polar surface area (TPSA) is 49.0 Å². The predicted octanol–water partition coefficient (Wildman–Crippen LogP) is 4.71. The first-order chi connectivity index (χ1) is 12.5. The van der Waals surface area contributed by atoms with Gasteiger partial charge in [-0.25, -0.2) is 0 Å². The Bertz CT molecular complexity index is 970. The summed E-state index contributed by atoms with van der Waals surface area (Å²) in [6, 6.07) is 10.2. The number of hydrogen-bond acceptors (Lipinski definition) is 2. The first-order valence-electron chi connectivity index (χ1n) is 9.25. The van der Waals surface area contributed by atoms with Crippen molar-refractivity contribution in [2.75, 3.05) is 7.05 Å². The van der Waals surface area contributed by atoms with Crippen molar-refractivity contribution in [1.29, 1.82) is 0 Å². The Morgan fingerprint density at radius 3 is 2.50 bits per heavy atom. The van der Waals surface area contributed by atoms with Crippen molar-refractivity contribution in [3.05, 3.63) is 64.6 Å². The highest BCUT2D eigenvalue weighted by atomic mass is 16.2. The molecule has 2 aromatic heterocycles. The molecular weight excluding hydrogens is 322 g/mol. The van der Waals surface area contributed by atoms with Gasteiger partial charge < -0.3 is 9.88 Å². The van der Waals surface area contributed by atoms with Crippen LogP contribution in [0.4, 0.5) is 0 Å². The van der Waals surface area contributed by atoms with E-state index in [9.17, 15) is 4.79 Å². The van der Waals surface area contributed by atoms with Crippen LogP contribution in [0.3, 0.4) is 0 Å². The van der Waals surface area contributed by atoms with E-state index in [-0.39, 0.29) is 11.9 Å². The van der Waals surface area contributed by atoms with Gasteiger partial charge in [-0.05, 0) is 68.4 Å². The highest BCUT2D eigenvalue weighted by Crippen LogP contribution is 2.44. The lowest BCUT2D eigenvalue weighted by Gasteiger charge is -2.28. The molecule has 4 nitrogen and oxygen atoms in total. The highest BCUT2D eigenvalue weighted by Gasteiger charge is 2.38. The summed E-state index contributed by atoms with van der Waals surface area (Å²) in [7, 11) is 1.91. The largest absolute Gasteiger partial charge is 0.350 e. The van der Waals surface area contributed by atoms with E-state index in [0.29, 0.717) is 11.6 Å². The zero-order valence-corrected chi connectivity index (χ0v) is 15.8. The molecule has 3 aromatic rings. The van der Waals surface area contributed by atoms with E-state index >= 15 is 0 Å². The van der Waals surface area contributed by atoms with Gasteiger partial charge in [0.2, 0.25) is 0 Å². The van der Waals surface area contributed by atoms with Crippen molar-refractivity contribution >= 4 is 16.8 Å². The minimum Gasteiger partial charge on any atom is -0.350 e. The fourth-order valence-corrected chi connectivity index (χ4v) is 4.03. The normalized spacial score (nSPS) is 15.2. The third-order valence-electron chi connectivity index (χ3n) is 5.63. The average Bonchev–Trinajstić information content (AvgIpc) is 3.41. The van der Waals surface area contributed by atoms with Crippen LogP contribution < -0.4 is 0 Å². The van der Waals surface area contributed by atoms with Crippen LogP contribution in [0.15, 0.2) is 36.5 Å². The first-order valence-corrected chi connectivity index (χ1v) is 9.25. The highest BCUT2D eigenvalue weighted by molar-refractivity contribution is 6.02. The van der Waals surface area contributed by atoms with E-state index in [1.165, 1.54) is 16.5 Å². The van der Waals surface area contributed by atoms with Crippen LogP contribution in [0.5, 0.6) is 0 Å². The van der Waals surface area contributed by atoms with Crippen LogP contribution in [0.1, 0.15) is 51.8 Å². The minimum atomic E-state index is 0.0386. The van der Waals surface area contributed by atoms with Gasteiger partial charge in [-0.3, -0.25) is 9.78 Å². The Hall–Kier alpha value is -2.62. The number of aromatic nitrogens is 2. The third kappa shape index (κ3) is 2.70. The summed E-state index contributed by atoms with van der Waals surface area (Å²) in [4.78, 5) is 23.2. The molecule has 4 heteroatoms.